The molecule has 7 nitrogen and oxygen atoms in total. The molecule has 0 atom stereocenters. The third-order valence-corrected chi connectivity index (χ3v) is 3.96. The van der Waals surface area contributed by atoms with Gasteiger partial charge in [-0.15, -0.1) is 0 Å². The SMILES string of the molecule is COc1ccc(C(=O)OCc2cn3cc(Cl)ccc3n2)c(OC)c1OC. The second-order valence-corrected chi connectivity index (χ2v) is 5.74. The molecule has 0 saturated carbocycles. The molecule has 2 heterocycles. The molecule has 0 saturated heterocycles. The molecule has 0 aliphatic carbocycles. The van der Waals surface area contributed by atoms with Crippen LogP contribution in [0, 0.1) is 0 Å². The van der Waals surface area contributed by atoms with Crippen LogP contribution in [0.15, 0.2) is 36.7 Å². The minimum Gasteiger partial charge on any atom is -0.493 e. The van der Waals surface area contributed by atoms with Crippen LogP contribution in [0.25, 0.3) is 5.65 Å². The van der Waals surface area contributed by atoms with E-state index in [0.717, 1.165) is 0 Å². The number of aromatic nitrogens is 2. The molecule has 0 N–H and O–H groups in total. The summed E-state index contributed by atoms with van der Waals surface area (Å²) in [4.78, 5) is 16.9. The van der Waals surface area contributed by atoms with E-state index in [2.05, 4.69) is 4.98 Å². The van der Waals surface area contributed by atoms with E-state index in [-0.39, 0.29) is 17.9 Å². The standard InChI is InChI=1S/C18H17ClN2O5/c1-23-14-6-5-13(16(24-2)17(14)25-3)18(22)26-10-12-9-21-8-11(19)4-7-15(21)20-12/h4-9H,10H2,1-3H3. The fourth-order valence-corrected chi connectivity index (χ4v) is 2.73. The van der Waals surface area contributed by atoms with Crippen LogP contribution in [0.2, 0.25) is 5.02 Å². The number of rotatable bonds is 6. The lowest BCUT2D eigenvalue weighted by atomic mass is 10.1. The first-order valence-corrected chi connectivity index (χ1v) is 8.04. The van der Waals surface area contributed by atoms with Gasteiger partial charge in [-0.1, -0.05) is 11.6 Å². The average molecular weight is 377 g/mol. The Labute approximate surface area is 155 Å². The molecule has 0 fully saturated rings. The molecule has 0 spiro atoms. The van der Waals surface area contributed by atoms with Crippen molar-refractivity contribution in [1.29, 1.82) is 0 Å². The molecule has 0 radical (unpaired) electrons. The number of halogens is 1. The minimum absolute atomic E-state index is 0.00955. The summed E-state index contributed by atoms with van der Waals surface area (Å²) < 4.78 is 22.9. The number of carbonyl (C=O) groups is 1. The quantitative estimate of drug-likeness (QED) is 0.614. The average Bonchev–Trinajstić information content (AvgIpc) is 3.06. The van der Waals surface area contributed by atoms with E-state index < -0.39 is 5.97 Å². The maximum Gasteiger partial charge on any atom is 0.342 e. The molecule has 0 bridgehead atoms. The monoisotopic (exact) mass is 376 g/mol. The highest BCUT2D eigenvalue weighted by atomic mass is 35.5. The van der Waals surface area contributed by atoms with E-state index in [1.165, 1.54) is 21.3 Å². The van der Waals surface area contributed by atoms with E-state index in [4.69, 9.17) is 30.5 Å². The molecular formula is C18H17ClN2O5. The van der Waals surface area contributed by atoms with Gasteiger partial charge < -0.3 is 23.3 Å². The van der Waals surface area contributed by atoms with Crippen molar-refractivity contribution in [2.75, 3.05) is 21.3 Å². The van der Waals surface area contributed by atoms with Gasteiger partial charge in [-0.3, -0.25) is 0 Å². The predicted molar refractivity (Wildman–Crippen MR) is 95.4 cm³/mol. The third-order valence-electron chi connectivity index (χ3n) is 3.74. The van der Waals surface area contributed by atoms with Crippen molar-refractivity contribution in [2.24, 2.45) is 0 Å². The van der Waals surface area contributed by atoms with Crippen molar-refractivity contribution in [2.45, 2.75) is 6.61 Å². The third kappa shape index (κ3) is 3.39. The zero-order chi connectivity index (χ0) is 18.7. The second kappa shape index (κ2) is 7.53. The Morgan fingerprint density at radius 1 is 1.04 bits per heavy atom. The molecule has 0 unspecified atom stereocenters. The Hall–Kier alpha value is -2.93. The Balaban J connectivity index is 1.81. The van der Waals surface area contributed by atoms with Gasteiger partial charge in [0.2, 0.25) is 5.75 Å². The Kier molecular flexibility index (Phi) is 5.18. The number of ether oxygens (including phenoxy) is 4. The van der Waals surface area contributed by atoms with E-state index >= 15 is 0 Å². The van der Waals surface area contributed by atoms with Gasteiger partial charge in [0.15, 0.2) is 11.5 Å². The summed E-state index contributed by atoms with van der Waals surface area (Å²) in [6, 6.07) is 6.70. The zero-order valence-corrected chi connectivity index (χ0v) is 15.2. The maximum absolute atomic E-state index is 12.5. The summed E-state index contributed by atoms with van der Waals surface area (Å²) in [7, 11) is 4.42. The number of pyridine rings is 1. The number of methoxy groups -OCH3 is 3. The van der Waals surface area contributed by atoms with Crippen LogP contribution in [0.5, 0.6) is 17.2 Å². The number of imidazole rings is 1. The molecule has 0 amide bonds. The van der Waals surface area contributed by atoms with E-state index in [1.807, 2.05) is 0 Å². The highest BCUT2D eigenvalue weighted by Crippen LogP contribution is 2.40. The molecule has 3 rings (SSSR count). The van der Waals surface area contributed by atoms with E-state index in [0.29, 0.717) is 27.9 Å². The minimum atomic E-state index is -0.558. The Morgan fingerprint density at radius 2 is 1.81 bits per heavy atom. The van der Waals surface area contributed by atoms with Crippen LogP contribution in [-0.4, -0.2) is 36.7 Å². The highest BCUT2D eigenvalue weighted by Gasteiger charge is 2.22. The van der Waals surface area contributed by atoms with Gasteiger partial charge in [-0.2, -0.15) is 0 Å². The highest BCUT2D eigenvalue weighted by molar-refractivity contribution is 6.30. The number of nitrogens with zero attached hydrogens (tertiary/aromatic N) is 2. The normalized spacial score (nSPS) is 10.6. The number of benzene rings is 1. The molecule has 136 valence electrons. The van der Waals surface area contributed by atoms with Crippen LogP contribution in [0.4, 0.5) is 0 Å². The molecule has 0 aliphatic heterocycles. The second-order valence-electron chi connectivity index (χ2n) is 5.30. The lowest BCUT2D eigenvalue weighted by Crippen LogP contribution is -2.09. The van der Waals surface area contributed by atoms with Crippen molar-refractivity contribution in [3.8, 4) is 17.2 Å². The van der Waals surface area contributed by atoms with Crippen LogP contribution in [0.3, 0.4) is 0 Å². The van der Waals surface area contributed by atoms with Crippen molar-refractivity contribution in [3.63, 3.8) is 0 Å². The fourth-order valence-electron chi connectivity index (χ4n) is 2.57. The van der Waals surface area contributed by atoms with Gasteiger partial charge in [-0.05, 0) is 24.3 Å². The lowest BCUT2D eigenvalue weighted by molar-refractivity contribution is 0.0464. The number of hydrogen-bond donors (Lipinski definition) is 0. The Bertz CT molecular complexity index is 954. The molecule has 1 aromatic carbocycles. The van der Waals surface area contributed by atoms with Crippen LogP contribution in [-0.2, 0) is 11.3 Å². The molecule has 0 aliphatic rings. The van der Waals surface area contributed by atoms with Gasteiger partial charge in [-0.25, -0.2) is 9.78 Å². The first-order chi connectivity index (χ1) is 12.6. The topological polar surface area (TPSA) is 71.3 Å². The van der Waals surface area contributed by atoms with Gasteiger partial charge in [0.25, 0.3) is 0 Å². The largest absolute Gasteiger partial charge is 0.493 e. The van der Waals surface area contributed by atoms with Crippen molar-refractivity contribution < 1.29 is 23.7 Å². The molecule has 26 heavy (non-hydrogen) atoms. The van der Waals surface area contributed by atoms with E-state index in [9.17, 15) is 4.79 Å². The number of esters is 1. The maximum atomic E-state index is 12.5. The van der Waals surface area contributed by atoms with Crippen LogP contribution in [0.1, 0.15) is 16.1 Å². The summed E-state index contributed by atoms with van der Waals surface area (Å²) in [5.74, 6) is 0.474. The molecule has 2 aromatic heterocycles. The zero-order valence-electron chi connectivity index (χ0n) is 14.5. The first-order valence-electron chi connectivity index (χ1n) is 7.66. The number of hydrogen-bond acceptors (Lipinski definition) is 6. The predicted octanol–water partition coefficient (Wildman–Crippen LogP) is 3.37. The van der Waals surface area contributed by atoms with Gasteiger partial charge >= 0.3 is 5.97 Å². The van der Waals surface area contributed by atoms with Gasteiger partial charge in [0, 0.05) is 12.4 Å². The van der Waals surface area contributed by atoms with Crippen LogP contribution < -0.4 is 14.2 Å². The summed E-state index contributed by atoms with van der Waals surface area (Å²) >= 11 is 5.95. The number of carbonyl (C=O) groups excluding carboxylic acids is 1. The molecule has 8 heteroatoms. The lowest BCUT2D eigenvalue weighted by Gasteiger charge is -2.14. The molecular weight excluding hydrogens is 360 g/mol. The number of fused-ring (bicyclic) bond motifs is 1. The van der Waals surface area contributed by atoms with Crippen molar-refractivity contribution >= 4 is 23.2 Å². The van der Waals surface area contributed by atoms with Gasteiger partial charge in [0.05, 0.1) is 32.0 Å². The van der Waals surface area contributed by atoms with Crippen molar-refractivity contribution in [1.82, 2.24) is 9.38 Å². The Morgan fingerprint density at radius 3 is 2.50 bits per heavy atom. The summed E-state index contributed by atoms with van der Waals surface area (Å²) in [6.45, 7) is 0.00955. The molecule has 3 aromatic rings. The summed E-state index contributed by atoms with van der Waals surface area (Å²) in [5, 5.41) is 0.591. The van der Waals surface area contributed by atoms with Gasteiger partial charge in [0.1, 0.15) is 17.8 Å². The van der Waals surface area contributed by atoms with Crippen molar-refractivity contribution in [3.05, 3.63) is 52.9 Å². The summed E-state index contributed by atoms with van der Waals surface area (Å²) in [6.07, 6.45) is 3.48. The first kappa shape index (κ1) is 17.9. The van der Waals surface area contributed by atoms with Crippen LogP contribution >= 0.6 is 11.6 Å². The fraction of sp³-hybridized carbons (Fsp3) is 0.222. The van der Waals surface area contributed by atoms with E-state index in [1.54, 1.807) is 41.1 Å². The smallest absolute Gasteiger partial charge is 0.342 e. The summed E-state index contributed by atoms with van der Waals surface area (Å²) in [5.41, 5.74) is 1.54.